The third kappa shape index (κ3) is 6.57. The third-order valence-corrected chi connectivity index (χ3v) is 6.13. The van der Waals surface area contributed by atoms with E-state index in [0.717, 1.165) is 0 Å². The molecule has 3 aromatic rings. The summed E-state index contributed by atoms with van der Waals surface area (Å²) in [5.74, 6) is -0.183. The number of fused-ring (bicyclic) bond motifs is 1. The molecule has 1 aliphatic heterocycles. The minimum absolute atomic E-state index is 0.0987. The first-order valence-corrected chi connectivity index (χ1v) is 11.9. The van der Waals surface area contributed by atoms with Crippen LogP contribution in [0.4, 0.5) is 21.7 Å². The molecule has 0 atom stereocenters. The number of rotatable bonds is 9. The zero-order valence-electron chi connectivity index (χ0n) is 20.0. The Hall–Kier alpha value is -4.10. The standard InChI is InChI=1S/C24H22BrFN8O3/c1-34(2,13-15-7-8-27-24(15)33(36)37)9-3-4-22(35)32-21-11-17-20(12-28-21)29-14-30-23(17)31-16-5-6-18(25)19(26)10-16/h3-6,8,10-12,14H,7,9,13H2,1-2H3,(H-,28,29,30,31,32,35)/p+1/b4-3+. The number of likely N-dealkylation sites (N-methyl/N-ethyl adjacent to an activating group) is 1. The van der Waals surface area contributed by atoms with Crippen LogP contribution in [0.25, 0.3) is 10.9 Å². The van der Waals surface area contributed by atoms with Gasteiger partial charge in [-0.15, -0.1) is 0 Å². The summed E-state index contributed by atoms with van der Waals surface area (Å²) in [7, 11) is 3.84. The van der Waals surface area contributed by atoms with Crippen molar-refractivity contribution in [2.45, 2.75) is 6.42 Å². The van der Waals surface area contributed by atoms with E-state index >= 15 is 0 Å². The predicted molar refractivity (Wildman–Crippen MR) is 141 cm³/mol. The average molecular weight is 570 g/mol. The van der Waals surface area contributed by atoms with Crippen molar-refractivity contribution in [2.24, 2.45) is 4.99 Å². The number of nitrogens with zero attached hydrogens (tertiary/aromatic N) is 6. The van der Waals surface area contributed by atoms with Crippen LogP contribution < -0.4 is 10.6 Å². The number of aromatic nitrogens is 3. The lowest BCUT2D eigenvalue weighted by molar-refractivity contribution is -0.880. The number of carbonyl (C=O) groups is 1. The van der Waals surface area contributed by atoms with E-state index in [-0.39, 0.29) is 11.7 Å². The number of hydrogen-bond donors (Lipinski definition) is 2. The second-order valence-corrected chi connectivity index (χ2v) is 9.79. The Kier molecular flexibility index (Phi) is 7.64. The van der Waals surface area contributed by atoms with Crippen molar-refractivity contribution < 1.29 is 18.6 Å². The van der Waals surface area contributed by atoms with Crippen LogP contribution in [0.1, 0.15) is 6.42 Å². The molecule has 1 aromatic carbocycles. The Bertz CT molecular complexity index is 1470. The molecule has 4 rings (SSSR count). The van der Waals surface area contributed by atoms with Crippen LogP contribution in [0.3, 0.4) is 0 Å². The molecule has 2 N–H and O–H groups in total. The van der Waals surface area contributed by atoms with E-state index in [9.17, 15) is 19.3 Å². The minimum Gasteiger partial charge on any atom is -0.358 e. The summed E-state index contributed by atoms with van der Waals surface area (Å²) in [6.07, 6.45) is 7.96. The Morgan fingerprint density at radius 1 is 1.27 bits per heavy atom. The van der Waals surface area contributed by atoms with Crippen molar-refractivity contribution in [1.29, 1.82) is 0 Å². The lowest BCUT2D eigenvalue weighted by Crippen LogP contribution is -2.41. The van der Waals surface area contributed by atoms with Gasteiger partial charge < -0.3 is 25.2 Å². The van der Waals surface area contributed by atoms with Gasteiger partial charge in [0.1, 0.15) is 36.5 Å². The summed E-state index contributed by atoms with van der Waals surface area (Å²) in [4.78, 5) is 39.7. The van der Waals surface area contributed by atoms with Gasteiger partial charge in [-0.2, -0.15) is 0 Å². The molecule has 37 heavy (non-hydrogen) atoms. The van der Waals surface area contributed by atoms with Crippen molar-refractivity contribution in [3.05, 3.63) is 80.7 Å². The second-order valence-electron chi connectivity index (χ2n) is 8.93. The molecule has 3 heterocycles. The molecule has 0 saturated heterocycles. The molecule has 0 spiro atoms. The van der Waals surface area contributed by atoms with Crippen LogP contribution >= 0.6 is 15.9 Å². The largest absolute Gasteiger partial charge is 0.368 e. The van der Waals surface area contributed by atoms with Crippen LogP contribution in [0.5, 0.6) is 0 Å². The molecule has 0 saturated carbocycles. The monoisotopic (exact) mass is 569 g/mol. The van der Waals surface area contributed by atoms with E-state index in [1.807, 2.05) is 14.1 Å². The van der Waals surface area contributed by atoms with Gasteiger partial charge in [-0.3, -0.25) is 4.79 Å². The van der Waals surface area contributed by atoms with Crippen molar-refractivity contribution in [1.82, 2.24) is 15.0 Å². The van der Waals surface area contributed by atoms with Gasteiger partial charge in [0, 0.05) is 23.6 Å². The van der Waals surface area contributed by atoms with Crippen LogP contribution in [-0.2, 0) is 4.79 Å². The fraction of sp³-hybridized carbons (Fsp3) is 0.208. The normalized spacial score (nSPS) is 13.5. The summed E-state index contributed by atoms with van der Waals surface area (Å²) in [6, 6.07) is 6.25. The maximum absolute atomic E-state index is 13.9. The molecular formula is C24H23BrFN8O3+. The summed E-state index contributed by atoms with van der Waals surface area (Å²) in [6.45, 7) is 0.908. The molecule has 2 aromatic heterocycles. The van der Waals surface area contributed by atoms with Crippen molar-refractivity contribution in [2.75, 3.05) is 37.8 Å². The molecule has 13 heteroatoms. The highest BCUT2D eigenvalue weighted by Crippen LogP contribution is 2.26. The molecule has 0 bridgehead atoms. The van der Waals surface area contributed by atoms with E-state index in [1.54, 1.807) is 24.3 Å². The fourth-order valence-electron chi connectivity index (χ4n) is 3.77. The number of anilines is 3. The van der Waals surface area contributed by atoms with E-state index in [1.165, 1.54) is 30.9 Å². The first-order chi connectivity index (χ1) is 17.6. The number of nitrogens with one attached hydrogen (secondary N) is 2. The first-order valence-electron chi connectivity index (χ1n) is 11.1. The number of halogens is 2. The third-order valence-electron chi connectivity index (χ3n) is 5.48. The zero-order valence-corrected chi connectivity index (χ0v) is 21.6. The highest BCUT2D eigenvalue weighted by Gasteiger charge is 2.28. The maximum Gasteiger partial charge on any atom is 0.368 e. The Balaban J connectivity index is 1.42. The second kappa shape index (κ2) is 10.9. The van der Waals surface area contributed by atoms with Gasteiger partial charge in [-0.25, -0.2) is 19.3 Å². The molecule has 190 valence electrons. The van der Waals surface area contributed by atoms with Crippen LogP contribution in [0.15, 0.2) is 69.8 Å². The van der Waals surface area contributed by atoms with Gasteiger partial charge in [-0.05, 0) is 51.2 Å². The van der Waals surface area contributed by atoms with E-state index in [4.69, 9.17) is 0 Å². The Morgan fingerprint density at radius 3 is 2.84 bits per heavy atom. The average Bonchev–Trinajstić information content (AvgIpc) is 3.29. The van der Waals surface area contributed by atoms with Gasteiger partial charge >= 0.3 is 5.82 Å². The van der Waals surface area contributed by atoms with Crippen molar-refractivity contribution in [3.63, 3.8) is 0 Å². The number of hydrogen-bond acceptors (Lipinski definition) is 8. The fourth-order valence-corrected chi connectivity index (χ4v) is 4.01. The highest BCUT2D eigenvalue weighted by atomic mass is 79.9. The molecule has 11 nitrogen and oxygen atoms in total. The van der Waals surface area contributed by atoms with Gasteiger partial charge in [0.2, 0.25) is 5.91 Å². The van der Waals surface area contributed by atoms with E-state index in [0.29, 0.717) is 62.3 Å². The number of nitro groups is 1. The molecule has 1 amide bonds. The van der Waals surface area contributed by atoms with Gasteiger partial charge in [0.05, 0.1) is 42.4 Å². The number of aliphatic imine (C=N–C) groups is 1. The van der Waals surface area contributed by atoms with Crippen molar-refractivity contribution >= 4 is 56.3 Å². The smallest absolute Gasteiger partial charge is 0.358 e. The van der Waals surface area contributed by atoms with Crippen LogP contribution in [-0.4, -0.2) is 63.7 Å². The highest BCUT2D eigenvalue weighted by molar-refractivity contribution is 9.10. The predicted octanol–water partition coefficient (Wildman–Crippen LogP) is 4.20. The quantitative estimate of drug-likeness (QED) is 0.170. The number of amides is 1. The number of quaternary nitrogens is 1. The SMILES string of the molecule is C[N+](C)(C/C=C/C(=O)Nc1cc2c(Nc3ccc(Br)c(F)c3)ncnc2cn1)CC1=C([N+](=O)[O-])N=CC1. The van der Waals surface area contributed by atoms with E-state index < -0.39 is 10.7 Å². The van der Waals surface area contributed by atoms with Crippen LogP contribution in [0.2, 0.25) is 0 Å². The van der Waals surface area contributed by atoms with Crippen molar-refractivity contribution in [3.8, 4) is 0 Å². The molecule has 0 unspecified atom stereocenters. The summed E-state index contributed by atoms with van der Waals surface area (Å²) in [5, 5.41) is 17.5. The Labute approximate surface area is 219 Å². The summed E-state index contributed by atoms with van der Waals surface area (Å²) >= 11 is 3.13. The summed E-state index contributed by atoms with van der Waals surface area (Å²) in [5.41, 5.74) is 1.70. The number of carbonyl (C=O) groups excluding carboxylic acids is 1. The Morgan fingerprint density at radius 2 is 2.08 bits per heavy atom. The zero-order chi connectivity index (χ0) is 26.6. The van der Waals surface area contributed by atoms with Gasteiger partial charge in [0.15, 0.2) is 0 Å². The summed E-state index contributed by atoms with van der Waals surface area (Å²) < 4.78 is 14.7. The minimum atomic E-state index is -0.470. The lowest BCUT2D eigenvalue weighted by atomic mass is 10.2. The maximum atomic E-state index is 13.9. The molecule has 1 aliphatic rings. The topological polar surface area (TPSA) is 135 Å². The first kappa shape index (κ1) is 26.0. The molecule has 0 radical (unpaired) electrons. The lowest BCUT2D eigenvalue weighted by Gasteiger charge is -2.28. The number of benzene rings is 1. The van der Waals surface area contributed by atoms with Gasteiger partial charge in [-0.1, -0.05) is 4.99 Å². The number of pyridine rings is 1. The van der Waals surface area contributed by atoms with Crippen LogP contribution in [0, 0.1) is 15.9 Å². The van der Waals surface area contributed by atoms with E-state index in [2.05, 4.69) is 46.5 Å². The van der Waals surface area contributed by atoms with Gasteiger partial charge in [0.25, 0.3) is 0 Å². The molecule has 0 fully saturated rings. The molecule has 0 aliphatic carbocycles. The molecular weight excluding hydrogens is 547 g/mol.